The summed E-state index contributed by atoms with van der Waals surface area (Å²) < 4.78 is 18.9. The van der Waals surface area contributed by atoms with Gasteiger partial charge >= 0.3 is 0 Å². The summed E-state index contributed by atoms with van der Waals surface area (Å²) in [6, 6.07) is 13.5. The van der Waals surface area contributed by atoms with E-state index in [1.165, 1.54) is 12.1 Å². The fraction of sp³-hybridized carbons (Fsp3) is 0.333. The SMILES string of the molecule is CCNC(=O)c1ccc(CNC(=NC)NCC(C)Oc2cccc(F)c2)cc1.I. The molecule has 0 spiro atoms. The van der Waals surface area contributed by atoms with E-state index in [1.807, 2.05) is 26.0 Å². The number of hydrogen-bond donors (Lipinski definition) is 3. The van der Waals surface area contributed by atoms with Crippen molar-refractivity contribution < 1.29 is 13.9 Å². The van der Waals surface area contributed by atoms with Crippen LogP contribution in [0.4, 0.5) is 4.39 Å². The first-order valence-electron chi connectivity index (χ1n) is 9.25. The van der Waals surface area contributed by atoms with E-state index in [-0.39, 0.29) is 41.8 Å². The number of carbonyl (C=O) groups excluding carboxylic acids is 1. The van der Waals surface area contributed by atoms with Crippen LogP contribution in [0.5, 0.6) is 5.75 Å². The second kappa shape index (κ2) is 13.0. The van der Waals surface area contributed by atoms with E-state index < -0.39 is 0 Å². The quantitative estimate of drug-likeness (QED) is 0.287. The zero-order valence-corrected chi connectivity index (χ0v) is 19.2. The molecule has 1 atom stereocenters. The van der Waals surface area contributed by atoms with Crippen LogP contribution in [0.3, 0.4) is 0 Å². The van der Waals surface area contributed by atoms with E-state index in [2.05, 4.69) is 20.9 Å². The summed E-state index contributed by atoms with van der Waals surface area (Å²) >= 11 is 0. The molecule has 0 aliphatic rings. The fourth-order valence-corrected chi connectivity index (χ4v) is 2.50. The summed E-state index contributed by atoms with van der Waals surface area (Å²) in [6.07, 6.45) is -0.170. The van der Waals surface area contributed by atoms with Crippen molar-refractivity contribution in [2.75, 3.05) is 20.1 Å². The molecule has 2 aromatic rings. The first kappa shape index (κ1) is 24.7. The molecule has 0 heterocycles. The van der Waals surface area contributed by atoms with E-state index in [0.29, 0.717) is 36.9 Å². The molecule has 0 saturated heterocycles. The van der Waals surface area contributed by atoms with Crippen LogP contribution in [-0.4, -0.2) is 38.1 Å². The summed E-state index contributed by atoms with van der Waals surface area (Å²) in [5.74, 6) is 0.715. The minimum atomic E-state index is -0.326. The Labute approximate surface area is 188 Å². The van der Waals surface area contributed by atoms with Crippen LogP contribution in [0.1, 0.15) is 29.8 Å². The van der Waals surface area contributed by atoms with E-state index >= 15 is 0 Å². The van der Waals surface area contributed by atoms with Gasteiger partial charge in [-0.2, -0.15) is 0 Å². The maximum absolute atomic E-state index is 13.2. The number of nitrogens with one attached hydrogen (secondary N) is 3. The standard InChI is InChI=1S/C21H27FN4O2.HI/c1-4-24-20(27)17-10-8-16(9-11-17)14-26-21(23-3)25-13-15(2)28-19-7-5-6-18(22)12-19;/h5-12,15H,4,13-14H2,1-3H3,(H,24,27)(H2,23,25,26);1H. The molecule has 0 bridgehead atoms. The van der Waals surface area contributed by atoms with Crippen LogP contribution in [-0.2, 0) is 6.54 Å². The highest BCUT2D eigenvalue weighted by atomic mass is 127. The molecule has 0 fully saturated rings. The Morgan fingerprint density at radius 1 is 1.14 bits per heavy atom. The molecule has 29 heavy (non-hydrogen) atoms. The third-order valence-corrected chi connectivity index (χ3v) is 3.93. The Balaban J connectivity index is 0.00000420. The molecule has 158 valence electrons. The highest BCUT2D eigenvalue weighted by Gasteiger charge is 2.07. The lowest BCUT2D eigenvalue weighted by atomic mass is 10.1. The van der Waals surface area contributed by atoms with Crippen LogP contribution in [0.15, 0.2) is 53.5 Å². The van der Waals surface area contributed by atoms with Crippen LogP contribution in [0.25, 0.3) is 0 Å². The van der Waals surface area contributed by atoms with E-state index in [4.69, 9.17) is 4.74 Å². The van der Waals surface area contributed by atoms with E-state index in [9.17, 15) is 9.18 Å². The first-order chi connectivity index (χ1) is 13.5. The molecule has 1 unspecified atom stereocenters. The number of carbonyl (C=O) groups is 1. The summed E-state index contributed by atoms with van der Waals surface area (Å²) in [6.45, 7) is 5.45. The molecule has 2 rings (SSSR count). The van der Waals surface area contributed by atoms with Crippen molar-refractivity contribution in [3.8, 4) is 5.75 Å². The minimum absolute atomic E-state index is 0. The predicted molar refractivity (Wildman–Crippen MR) is 125 cm³/mol. The molecule has 0 aromatic heterocycles. The average Bonchev–Trinajstić information content (AvgIpc) is 2.68. The smallest absolute Gasteiger partial charge is 0.251 e. The van der Waals surface area contributed by atoms with Crippen LogP contribution in [0, 0.1) is 5.82 Å². The van der Waals surface area contributed by atoms with Gasteiger partial charge < -0.3 is 20.7 Å². The van der Waals surface area contributed by atoms with Gasteiger partial charge in [-0.1, -0.05) is 18.2 Å². The molecule has 8 heteroatoms. The predicted octanol–water partition coefficient (Wildman–Crippen LogP) is 3.33. The number of aliphatic imine (C=N–C) groups is 1. The average molecular weight is 514 g/mol. The Morgan fingerprint density at radius 3 is 2.48 bits per heavy atom. The van der Waals surface area contributed by atoms with Gasteiger partial charge in [0.15, 0.2) is 5.96 Å². The van der Waals surface area contributed by atoms with E-state index in [1.54, 1.807) is 31.3 Å². The maximum Gasteiger partial charge on any atom is 0.251 e. The first-order valence-corrected chi connectivity index (χ1v) is 9.25. The molecule has 0 aliphatic heterocycles. The van der Waals surface area contributed by atoms with Crippen LogP contribution in [0.2, 0.25) is 0 Å². The Kier molecular flexibility index (Phi) is 11.0. The molecule has 0 saturated carbocycles. The largest absolute Gasteiger partial charge is 0.489 e. The van der Waals surface area contributed by atoms with Gasteiger partial charge in [0.1, 0.15) is 17.7 Å². The molecule has 0 aliphatic carbocycles. The lowest BCUT2D eigenvalue weighted by molar-refractivity contribution is 0.0956. The lowest BCUT2D eigenvalue weighted by Gasteiger charge is -2.18. The van der Waals surface area contributed by atoms with Crippen molar-refractivity contribution >= 4 is 35.8 Å². The topological polar surface area (TPSA) is 74.8 Å². The van der Waals surface area contributed by atoms with E-state index in [0.717, 1.165) is 5.56 Å². The summed E-state index contributed by atoms with van der Waals surface area (Å²) in [7, 11) is 1.69. The van der Waals surface area contributed by atoms with Gasteiger partial charge in [0.25, 0.3) is 5.91 Å². The molecule has 1 amide bonds. The number of hydrogen-bond acceptors (Lipinski definition) is 3. The van der Waals surface area contributed by atoms with Gasteiger partial charge in [-0.25, -0.2) is 4.39 Å². The molecular formula is C21H28FIN4O2. The van der Waals surface area contributed by atoms with Crippen molar-refractivity contribution in [3.63, 3.8) is 0 Å². The zero-order chi connectivity index (χ0) is 20.4. The van der Waals surface area contributed by atoms with Crippen molar-refractivity contribution in [1.82, 2.24) is 16.0 Å². The monoisotopic (exact) mass is 514 g/mol. The number of amides is 1. The third-order valence-electron chi connectivity index (χ3n) is 3.93. The molecule has 6 nitrogen and oxygen atoms in total. The second-order valence-corrected chi connectivity index (χ2v) is 6.25. The third kappa shape index (κ3) is 8.68. The van der Waals surface area contributed by atoms with Crippen LogP contribution >= 0.6 is 24.0 Å². The molecule has 0 radical (unpaired) electrons. The van der Waals surface area contributed by atoms with Gasteiger partial charge in [0.2, 0.25) is 0 Å². The van der Waals surface area contributed by atoms with Gasteiger partial charge in [0.05, 0.1) is 6.54 Å². The lowest BCUT2D eigenvalue weighted by Crippen LogP contribution is -2.41. The summed E-state index contributed by atoms with van der Waals surface area (Å²) in [5.41, 5.74) is 1.66. The van der Waals surface area contributed by atoms with Crippen LogP contribution < -0.4 is 20.7 Å². The fourth-order valence-electron chi connectivity index (χ4n) is 2.50. The van der Waals surface area contributed by atoms with Crippen molar-refractivity contribution in [2.24, 2.45) is 4.99 Å². The highest BCUT2D eigenvalue weighted by molar-refractivity contribution is 14.0. The molecular weight excluding hydrogens is 486 g/mol. The molecule has 3 N–H and O–H groups in total. The number of halogens is 2. The van der Waals surface area contributed by atoms with Gasteiger partial charge in [-0.15, -0.1) is 24.0 Å². The molecule has 2 aromatic carbocycles. The van der Waals surface area contributed by atoms with Crippen molar-refractivity contribution in [3.05, 3.63) is 65.5 Å². The number of nitrogens with zero attached hydrogens (tertiary/aromatic N) is 1. The number of benzene rings is 2. The van der Waals surface area contributed by atoms with Gasteiger partial charge in [-0.05, 0) is 43.7 Å². The summed E-state index contributed by atoms with van der Waals surface area (Å²) in [5, 5.41) is 9.16. The normalized spacial score (nSPS) is 11.8. The van der Waals surface area contributed by atoms with Gasteiger partial charge in [-0.3, -0.25) is 9.79 Å². The number of ether oxygens (including phenoxy) is 1. The Bertz CT molecular complexity index is 800. The Morgan fingerprint density at radius 2 is 1.86 bits per heavy atom. The van der Waals surface area contributed by atoms with Crippen molar-refractivity contribution in [1.29, 1.82) is 0 Å². The number of rotatable bonds is 8. The maximum atomic E-state index is 13.2. The summed E-state index contributed by atoms with van der Waals surface area (Å²) in [4.78, 5) is 16.0. The number of guanidine groups is 1. The zero-order valence-electron chi connectivity index (χ0n) is 16.9. The van der Waals surface area contributed by atoms with Gasteiger partial charge in [0, 0.05) is 31.8 Å². The minimum Gasteiger partial charge on any atom is -0.489 e. The highest BCUT2D eigenvalue weighted by Crippen LogP contribution is 2.13. The van der Waals surface area contributed by atoms with Crippen molar-refractivity contribution in [2.45, 2.75) is 26.5 Å². The Hall–Kier alpha value is -2.36. The second-order valence-electron chi connectivity index (χ2n) is 6.25.